The van der Waals surface area contributed by atoms with E-state index in [1.54, 1.807) is 26.4 Å². The number of nitrogens with zero attached hydrogens (tertiary/aromatic N) is 1. The molecule has 0 spiro atoms. The third-order valence-electron chi connectivity index (χ3n) is 3.03. The molecule has 2 aromatic carbocycles. The lowest BCUT2D eigenvalue weighted by molar-refractivity contribution is 0.354. The van der Waals surface area contributed by atoms with Crippen LogP contribution in [0.15, 0.2) is 40.9 Å². The molecule has 0 aliphatic heterocycles. The third kappa shape index (κ3) is 3.67. The Labute approximate surface area is 132 Å². The Kier molecular flexibility index (Phi) is 5.07. The van der Waals surface area contributed by atoms with E-state index in [9.17, 15) is 0 Å². The normalized spacial score (nSPS) is 9.81. The van der Waals surface area contributed by atoms with Crippen molar-refractivity contribution in [2.75, 3.05) is 19.5 Å². The van der Waals surface area contributed by atoms with Crippen LogP contribution >= 0.6 is 15.9 Å². The van der Waals surface area contributed by atoms with E-state index in [2.05, 4.69) is 27.3 Å². The molecule has 0 unspecified atom stereocenters. The molecule has 0 amide bonds. The number of ether oxygens (including phenoxy) is 2. The standard InChI is InChI=1S/C16H15BrN2O2/c1-20-15-6-4-12(8-16(15)21-2)10-19-14-5-3-11(9-18)7-13(14)17/h3-8,19H,10H2,1-2H3. The highest BCUT2D eigenvalue weighted by molar-refractivity contribution is 9.10. The third-order valence-corrected chi connectivity index (χ3v) is 3.69. The number of nitriles is 1. The van der Waals surface area contributed by atoms with Gasteiger partial charge >= 0.3 is 0 Å². The van der Waals surface area contributed by atoms with E-state index in [1.807, 2.05) is 24.3 Å². The summed E-state index contributed by atoms with van der Waals surface area (Å²) in [6.45, 7) is 0.644. The largest absolute Gasteiger partial charge is 0.493 e. The maximum atomic E-state index is 8.85. The van der Waals surface area contributed by atoms with E-state index in [1.165, 1.54) is 0 Å². The molecule has 0 aromatic heterocycles. The molecule has 0 aliphatic carbocycles. The molecule has 0 bridgehead atoms. The van der Waals surface area contributed by atoms with Crippen molar-refractivity contribution >= 4 is 21.6 Å². The lowest BCUT2D eigenvalue weighted by Crippen LogP contribution is -2.01. The van der Waals surface area contributed by atoms with Crippen molar-refractivity contribution in [2.24, 2.45) is 0 Å². The Balaban J connectivity index is 2.11. The van der Waals surface area contributed by atoms with Crippen molar-refractivity contribution in [2.45, 2.75) is 6.54 Å². The van der Waals surface area contributed by atoms with Crippen LogP contribution in [0.3, 0.4) is 0 Å². The number of benzene rings is 2. The Hall–Kier alpha value is -2.19. The van der Waals surface area contributed by atoms with Crippen LogP contribution in [0, 0.1) is 11.3 Å². The molecular weight excluding hydrogens is 332 g/mol. The Morgan fingerprint density at radius 3 is 2.48 bits per heavy atom. The van der Waals surface area contributed by atoms with Crippen LogP contribution in [0.4, 0.5) is 5.69 Å². The van der Waals surface area contributed by atoms with Gasteiger partial charge in [0.05, 0.1) is 25.9 Å². The highest BCUT2D eigenvalue weighted by Gasteiger charge is 2.05. The molecule has 21 heavy (non-hydrogen) atoms. The highest BCUT2D eigenvalue weighted by atomic mass is 79.9. The van der Waals surface area contributed by atoms with Crippen LogP contribution in [0.25, 0.3) is 0 Å². The summed E-state index contributed by atoms with van der Waals surface area (Å²) in [5.41, 5.74) is 2.63. The molecule has 0 heterocycles. The maximum absolute atomic E-state index is 8.85. The summed E-state index contributed by atoms with van der Waals surface area (Å²) in [6.07, 6.45) is 0. The van der Waals surface area contributed by atoms with Crippen LogP contribution in [-0.4, -0.2) is 14.2 Å². The smallest absolute Gasteiger partial charge is 0.161 e. The van der Waals surface area contributed by atoms with Crippen LogP contribution in [0.1, 0.15) is 11.1 Å². The van der Waals surface area contributed by atoms with E-state index in [0.29, 0.717) is 23.6 Å². The van der Waals surface area contributed by atoms with Crippen LogP contribution < -0.4 is 14.8 Å². The molecule has 0 fully saturated rings. The molecule has 2 aromatic rings. The number of hydrogen-bond donors (Lipinski definition) is 1. The average molecular weight is 347 g/mol. The van der Waals surface area contributed by atoms with Gasteiger partial charge in [-0.1, -0.05) is 6.07 Å². The van der Waals surface area contributed by atoms with Gasteiger partial charge in [0.1, 0.15) is 0 Å². The van der Waals surface area contributed by atoms with Gasteiger partial charge in [0, 0.05) is 16.7 Å². The summed E-state index contributed by atoms with van der Waals surface area (Å²) in [7, 11) is 3.23. The summed E-state index contributed by atoms with van der Waals surface area (Å²) in [6, 6.07) is 13.3. The van der Waals surface area contributed by atoms with E-state index in [0.717, 1.165) is 15.7 Å². The van der Waals surface area contributed by atoms with Gasteiger partial charge in [-0.15, -0.1) is 0 Å². The van der Waals surface area contributed by atoms with Crippen LogP contribution in [0.2, 0.25) is 0 Å². The Bertz CT molecular complexity index is 680. The maximum Gasteiger partial charge on any atom is 0.161 e. The van der Waals surface area contributed by atoms with E-state index in [4.69, 9.17) is 14.7 Å². The topological polar surface area (TPSA) is 54.3 Å². The quantitative estimate of drug-likeness (QED) is 0.890. The van der Waals surface area contributed by atoms with Gasteiger partial charge in [-0.3, -0.25) is 0 Å². The first kappa shape index (κ1) is 15.2. The van der Waals surface area contributed by atoms with Gasteiger partial charge in [0.2, 0.25) is 0 Å². The van der Waals surface area contributed by atoms with Crippen molar-refractivity contribution in [3.05, 3.63) is 52.0 Å². The number of nitrogens with one attached hydrogen (secondary N) is 1. The molecule has 1 N–H and O–H groups in total. The fraction of sp³-hybridized carbons (Fsp3) is 0.188. The summed E-state index contributed by atoms with van der Waals surface area (Å²) >= 11 is 3.45. The van der Waals surface area contributed by atoms with Gasteiger partial charge in [-0.25, -0.2) is 0 Å². The minimum Gasteiger partial charge on any atom is -0.493 e. The minimum atomic E-state index is 0.624. The second-order valence-corrected chi connectivity index (χ2v) is 5.20. The zero-order valence-electron chi connectivity index (χ0n) is 11.8. The van der Waals surface area contributed by atoms with Gasteiger partial charge in [-0.05, 0) is 51.8 Å². The highest BCUT2D eigenvalue weighted by Crippen LogP contribution is 2.29. The summed E-state index contributed by atoms with van der Waals surface area (Å²) in [5, 5.41) is 12.2. The molecule has 4 nitrogen and oxygen atoms in total. The average Bonchev–Trinajstić information content (AvgIpc) is 2.53. The number of anilines is 1. The van der Waals surface area contributed by atoms with E-state index >= 15 is 0 Å². The SMILES string of the molecule is COc1ccc(CNc2ccc(C#N)cc2Br)cc1OC. The van der Waals surface area contributed by atoms with Crippen LogP contribution in [0.5, 0.6) is 11.5 Å². The van der Waals surface area contributed by atoms with Crippen molar-refractivity contribution in [3.8, 4) is 17.6 Å². The lowest BCUT2D eigenvalue weighted by atomic mass is 10.2. The molecule has 0 saturated heterocycles. The van der Waals surface area contributed by atoms with E-state index in [-0.39, 0.29) is 0 Å². The van der Waals surface area contributed by atoms with Crippen molar-refractivity contribution in [1.82, 2.24) is 0 Å². The first-order valence-corrected chi connectivity index (χ1v) is 7.11. The van der Waals surface area contributed by atoms with E-state index < -0.39 is 0 Å². The van der Waals surface area contributed by atoms with Gasteiger partial charge < -0.3 is 14.8 Å². The molecular formula is C16H15BrN2O2. The van der Waals surface area contributed by atoms with Gasteiger partial charge in [0.25, 0.3) is 0 Å². The second kappa shape index (κ2) is 7.00. The fourth-order valence-corrected chi connectivity index (χ4v) is 2.43. The molecule has 0 atom stereocenters. The van der Waals surface area contributed by atoms with Gasteiger partial charge in [-0.2, -0.15) is 5.26 Å². The monoisotopic (exact) mass is 346 g/mol. The Morgan fingerprint density at radius 2 is 1.86 bits per heavy atom. The second-order valence-electron chi connectivity index (χ2n) is 4.35. The molecule has 108 valence electrons. The first-order chi connectivity index (χ1) is 10.2. The first-order valence-electron chi connectivity index (χ1n) is 6.32. The van der Waals surface area contributed by atoms with Gasteiger partial charge in [0.15, 0.2) is 11.5 Å². The van der Waals surface area contributed by atoms with Crippen LogP contribution in [-0.2, 0) is 6.54 Å². The number of rotatable bonds is 5. The predicted molar refractivity (Wildman–Crippen MR) is 85.7 cm³/mol. The molecule has 5 heteroatoms. The summed E-state index contributed by atoms with van der Waals surface area (Å²) in [4.78, 5) is 0. The fourth-order valence-electron chi connectivity index (χ4n) is 1.92. The van der Waals surface area contributed by atoms with Crippen molar-refractivity contribution in [1.29, 1.82) is 5.26 Å². The number of methoxy groups -OCH3 is 2. The summed E-state index contributed by atoms with van der Waals surface area (Å²) in [5.74, 6) is 1.41. The predicted octanol–water partition coefficient (Wildman–Crippen LogP) is 3.95. The molecule has 0 saturated carbocycles. The minimum absolute atomic E-state index is 0.624. The molecule has 2 rings (SSSR count). The molecule has 0 aliphatic rings. The van der Waals surface area contributed by atoms with Crippen molar-refractivity contribution in [3.63, 3.8) is 0 Å². The zero-order chi connectivity index (χ0) is 15.2. The number of halogens is 1. The van der Waals surface area contributed by atoms with Crippen molar-refractivity contribution < 1.29 is 9.47 Å². The summed E-state index contributed by atoms with van der Waals surface area (Å²) < 4.78 is 11.4. The zero-order valence-corrected chi connectivity index (χ0v) is 13.4. The lowest BCUT2D eigenvalue weighted by Gasteiger charge is -2.12. The number of hydrogen-bond acceptors (Lipinski definition) is 4. The molecule has 0 radical (unpaired) electrons. The Morgan fingerprint density at radius 1 is 1.10 bits per heavy atom.